The molecule has 2 heterocycles. The lowest BCUT2D eigenvalue weighted by Crippen LogP contribution is -2.47. The molecule has 18 heavy (non-hydrogen) atoms. The van der Waals surface area contributed by atoms with Crippen LogP contribution >= 0.6 is 0 Å². The minimum Gasteiger partial charge on any atom is -0.369 e. The lowest BCUT2D eigenvalue weighted by molar-refractivity contribution is 0.248. The van der Waals surface area contributed by atoms with Crippen molar-refractivity contribution in [2.45, 2.75) is 12.8 Å². The van der Waals surface area contributed by atoms with Gasteiger partial charge >= 0.3 is 0 Å². The van der Waals surface area contributed by atoms with Crippen LogP contribution in [0.25, 0.3) is 0 Å². The van der Waals surface area contributed by atoms with E-state index in [0.717, 1.165) is 24.8 Å². The number of nitrogens with two attached hydrogens (primary N) is 1. The molecule has 5 heteroatoms. The number of nitrogens with one attached hydrogen (secondary N) is 1. The maximum Gasteiger partial charge on any atom is 0.141 e. The van der Waals surface area contributed by atoms with Gasteiger partial charge in [0.1, 0.15) is 5.82 Å². The van der Waals surface area contributed by atoms with Gasteiger partial charge in [-0.1, -0.05) is 0 Å². The third-order valence-corrected chi connectivity index (χ3v) is 3.84. The minimum absolute atomic E-state index is 0.730. The second kappa shape index (κ2) is 5.12. The number of aromatic nitrogens is 1. The van der Waals surface area contributed by atoms with Gasteiger partial charge in [0, 0.05) is 50.7 Å². The van der Waals surface area contributed by atoms with Crippen LogP contribution < -0.4 is 16.2 Å². The zero-order valence-corrected chi connectivity index (χ0v) is 10.7. The first-order chi connectivity index (χ1) is 8.85. The van der Waals surface area contributed by atoms with Crippen molar-refractivity contribution in [1.29, 1.82) is 0 Å². The van der Waals surface area contributed by atoms with Crippen LogP contribution in [0.4, 0.5) is 11.5 Å². The first kappa shape index (κ1) is 11.7. The summed E-state index contributed by atoms with van der Waals surface area (Å²) < 4.78 is 0. The molecule has 1 saturated carbocycles. The van der Waals surface area contributed by atoms with Gasteiger partial charge in [-0.25, -0.2) is 10.8 Å². The van der Waals surface area contributed by atoms with Crippen molar-refractivity contribution in [3.05, 3.63) is 18.3 Å². The van der Waals surface area contributed by atoms with Gasteiger partial charge in [0.05, 0.1) is 0 Å². The monoisotopic (exact) mass is 247 g/mol. The van der Waals surface area contributed by atoms with Crippen LogP contribution in [0.1, 0.15) is 12.8 Å². The predicted octanol–water partition coefficient (Wildman–Crippen LogP) is 0.899. The molecule has 0 amide bonds. The third kappa shape index (κ3) is 2.73. The molecule has 5 nitrogen and oxygen atoms in total. The highest BCUT2D eigenvalue weighted by Gasteiger charge is 2.26. The number of anilines is 2. The maximum atomic E-state index is 5.39. The number of piperazine rings is 1. The van der Waals surface area contributed by atoms with Crippen molar-refractivity contribution >= 4 is 11.5 Å². The molecule has 0 bridgehead atoms. The zero-order valence-electron chi connectivity index (χ0n) is 10.7. The molecule has 0 aromatic carbocycles. The van der Waals surface area contributed by atoms with Crippen LogP contribution in [0.5, 0.6) is 0 Å². The quantitative estimate of drug-likeness (QED) is 0.611. The summed E-state index contributed by atoms with van der Waals surface area (Å²) in [6.45, 7) is 5.84. The number of hydrazine groups is 1. The van der Waals surface area contributed by atoms with Gasteiger partial charge in [0.15, 0.2) is 0 Å². The summed E-state index contributed by atoms with van der Waals surface area (Å²) in [5.41, 5.74) is 3.81. The number of nitrogens with zero attached hydrogens (tertiary/aromatic N) is 3. The van der Waals surface area contributed by atoms with Crippen LogP contribution in [0.3, 0.4) is 0 Å². The van der Waals surface area contributed by atoms with Crippen molar-refractivity contribution < 1.29 is 0 Å². The summed E-state index contributed by atoms with van der Waals surface area (Å²) in [5.74, 6) is 7.11. The predicted molar refractivity (Wildman–Crippen MR) is 73.4 cm³/mol. The summed E-state index contributed by atoms with van der Waals surface area (Å²) >= 11 is 0. The Bertz CT molecular complexity index is 396. The Morgan fingerprint density at radius 3 is 2.72 bits per heavy atom. The number of nitrogen functional groups attached to an aromatic ring is 1. The van der Waals surface area contributed by atoms with E-state index in [0.29, 0.717) is 0 Å². The van der Waals surface area contributed by atoms with Crippen LogP contribution in [0.2, 0.25) is 0 Å². The highest BCUT2D eigenvalue weighted by atomic mass is 15.3. The standard InChI is InChI=1S/C13H21N5/c14-16-13-9-12(3-4-15-13)18-7-5-17(6-8-18)10-11-1-2-11/h3-4,9,11H,1-2,5-8,10,14H2,(H,15,16). The molecule has 1 aromatic rings. The third-order valence-electron chi connectivity index (χ3n) is 3.84. The summed E-state index contributed by atoms with van der Waals surface area (Å²) in [6, 6.07) is 4.06. The number of pyridine rings is 1. The SMILES string of the molecule is NNc1cc(N2CCN(CC3CC3)CC2)ccn1. The maximum absolute atomic E-state index is 5.39. The molecule has 0 radical (unpaired) electrons. The molecule has 0 spiro atoms. The van der Waals surface area contributed by atoms with E-state index in [1.807, 2.05) is 6.07 Å². The molecule has 1 aliphatic carbocycles. The first-order valence-electron chi connectivity index (χ1n) is 6.75. The lowest BCUT2D eigenvalue weighted by atomic mass is 10.2. The summed E-state index contributed by atoms with van der Waals surface area (Å²) in [5, 5.41) is 0. The van der Waals surface area contributed by atoms with Crippen molar-refractivity contribution in [2.24, 2.45) is 11.8 Å². The smallest absolute Gasteiger partial charge is 0.141 e. The Kier molecular flexibility index (Phi) is 3.34. The molecular formula is C13H21N5. The van der Waals surface area contributed by atoms with Gasteiger partial charge in [-0.2, -0.15) is 0 Å². The average Bonchev–Trinajstić information content (AvgIpc) is 3.24. The second-order valence-electron chi connectivity index (χ2n) is 5.27. The molecule has 0 unspecified atom stereocenters. The molecule has 2 fully saturated rings. The van der Waals surface area contributed by atoms with E-state index in [4.69, 9.17) is 5.84 Å². The molecule has 1 aromatic heterocycles. The fourth-order valence-electron chi connectivity index (χ4n) is 2.55. The van der Waals surface area contributed by atoms with E-state index in [1.54, 1.807) is 6.20 Å². The number of hydrogen-bond acceptors (Lipinski definition) is 5. The molecule has 3 N–H and O–H groups in total. The van der Waals surface area contributed by atoms with Gasteiger partial charge in [0.25, 0.3) is 0 Å². The first-order valence-corrected chi connectivity index (χ1v) is 6.75. The zero-order chi connectivity index (χ0) is 12.4. The van der Waals surface area contributed by atoms with E-state index in [2.05, 4.69) is 26.3 Å². The summed E-state index contributed by atoms with van der Waals surface area (Å²) in [6.07, 6.45) is 4.69. The molecule has 0 atom stereocenters. The number of hydrogen-bond donors (Lipinski definition) is 2. The van der Waals surface area contributed by atoms with Crippen LogP contribution in [0, 0.1) is 5.92 Å². The van der Waals surface area contributed by atoms with Crippen molar-refractivity contribution in [2.75, 3.05) is 43.0 Å². The number of rotatable bonds is 4. The summed E-state index contributed by atoms with van der Waals surface area (Å²) in [7, 11) is 0. The Morgan fingerprint density at radius 1 is 1.28 bits per heavy atom. The van der Waals surface area contributed by atoms with E-state index in [-0.39, 0.29) is 0 Å². The van der Waals surface area contributed by atoms with Gasteiger partial charge in [-0.15, -0.1) is 0 Å². The highest BCUT2D eigenvalue weighted by Crippen LogP contribution is 2.30. The molecule has 2 aliphatic rings. The van der Waals surface area contributed by atoms with Crippen LogP contribution in [-0.2, 0) is 0 Å². The Balaban J connectivity index is 1.57. The molecule has 1 saturated heterocycles. The topological polar surface area (TPSA) is 57.4 Å². The minimum atomic E-state index is 0.730. The fourth-order valence-corrected chi connectivity index (χ4v) is 2.55. The highest BCUT2D eigenvalue weighted by molar-refractivity contribution is 5.53. The average molecular weight is 247 g/mol. The van der Waals surface area contributed by atoms with E-state index >= 15 is 0 Å². The van der Waals surface area contributed by atoms with E-state index < -0.39 is 0 Å². The van der Waals surface area contributed by atoms with E-state index in [9.17, 15) is 0 Å². The van der Waals surface area contributed by atoms with Gasteiger partial charge < -0.3 is 10.3 Å². The summed E-state index contributed by atoms with van der Waals surface area (Å²) in [4.78, 5) is 9.15. The Labute approximate surface area is 108 Å². The molecular weight excluding hydrogens is 226 g/mol. The largest absolute Gasteiger partial charge is 0.369 e. The molecule has 98 valence electrons. The van der Waals surface area contributed by atoms with Crippen LogP contribution in [0.15, 0.2) is 18.3 Å². The normalized spacial score (nSPS) is 21.1. The van der Waals surface area contributed by atoms with E-state index in [1.165, 1.54) is 38.2 Å². The molecule has 3 rings (SSSR count). The van der Waals surface area contributed by atoms with Gasteiger partial charge in [-0.3, -0.25) is 4.90 Å². The van der Waals surface area contributed by atoms with Gasteiger partial charge in [0.2, 0.25) is 0 Å². The van der Waals surface area contributed by atoms with Gasteiger partial charge in [-0.05, 0) is 24.8 Å². The van der Waals surface area contributed by atoms with Crippen molar-refractivity contribution in [3.8, 4) is 0 Å². The second-order valence-corrected chi connectivity index (χ2v) is 5.27. The fraction of sp³-hybridized carbons (Fsp3) is 0.615. The Morgan fingerprint density at radius 2 is 2.06 bits per heavy atom. The van der Waals surface area contributed by atoms with Crippen molar-refractivity contribution in [3.63, 3.8) is 0 Å². The Hall–Kier alpha value is -1.33. The lowest BCUT2D eigenvalue weighted by Gasteiger charge is -2.36. The molecule has 1 aliphatic heterocycles. The van der Waals surface area contributed by atoms with Crippen LogP contribution in [-0.4, -0.2) is 42.6 Å². The van der Waals surface area contributed by atoms with Crippen molar-refractivity contribution in [1.82, 2.24) is 9.88 Å².